The largest absolute Gasteiger partial charge is 0.396 e. The number of piperidine rings is 2. The van der Waals surface area contributed by atoms with Crippen LogP contribution >= 0.6 is 11.3 Å². The minimum absolute atomic E-state index is 0.0422. The molecule has 0 spiro atoms. The van der Waals surface area contributed by atoms with Crippen LogP contribution in [0.2, 0.25) is 0 Å². The van der Waals surface area contributed by atoms with E-state index in [1.54, 1.807) is 23.5 Å². The second kappa shape index (κ2) is 6.67. The van der Waals surface area contributed by atoms with Gasteiger partial charge in [-0.25, -0.2) is 9.37 Å². The number of hydrogen-bond acceptors (Lipinski definition) is 5. The summed E-state index contributed by atoms with van der Waals surface area (Å²) >= 11 is 1.64. The molecule has 2 atom stereocenters. The van der Waals surface area contributed by atoms with Crippen molar-refractivity contribution < 1.29 is 9.50 Å². The molecule has 0 amide bonds. The fourth-order valence-electron chi connectivity index (χ4n) is 4.35. The van der Waals surface area contributed by atoms with Crippen LogP contribution in [0.3, 0.4) is 0 Å². The van der Waals surface area contributed by atoms with Crippen LogP contribution in [0.15, 0.2) is 29.6 Å². The van der Waals surface area contributed by atoms with Gasteiger partial charge in [0, 0.05) is 35.5 Å². The second-order valence-electron chi connectivity index (χ2n) is 7.34. The molecule has 2 aromatic rings. The fraction of sp³-hybridized carbons (Fsp3) is 0.526. The number of benzene rings is 1. The van der Waals surface area contributed by atoms with Crippen LogP contribution < -0.4 is 4.90 Å². The summed E-state index contributed by atoms with van der Waals surface area (Å²) in [6, 6.07) is 6.87. The second-order valence-corrected chi connectivity index (χ2v) is 8.18. The molecular formula is C19H24FN3OS. The zero-order valence-corrected chi connectivity index (χ0v) is 15.3. The highest BCUT2D eigenvalue weighted by molar-refractivity contribution is 7.14. The number of aliphatic hydroxyl groups excluding tert-OH is 1. The highest BCUT2D eigenvalue weighted by Crippen LogP contribution is 2.43. The molecule has 4 rings (SSSR count). The maximum Gasteiger partial charge on any atom is 0.185 e. The van der Waals surface area contributed by atoms with Crippen molar-refractivity contribution in [1.29, 1.82) is 0 Å². The number of hydrogen-bond donors (Lipinski definition) is 1. The molecule has 0 saturated carbocycles. The first-order valence-corrected chi connectivity index (χ1v) is 9.77. The Kier molecular flexibility index (Phi) is 4.52. The number of nitrogens with zero attached hydrogens (tertiary/aromatic N) is 3. The summed E-state index contributed by atoms with van der Waals surface area (Å²) in [6.07, 6.45) is 3.29. The lowest BCUT2D eigenvalue weighted by Gasteiger charge is -2.53. The van der Waals surface area contributed by atoms with Crippen molar-refractivity contribution >= 4 is 16.5 Å². The quantitative estimate of drug-likeness (QED) is 0.911. The molecule has 0 radical (unpaired) electrons. The van der Waals surface area contributed by atoms with E-state index >= 15 is 0 Å². The zero-order valence-electron chi connectivity index (χ0n) is 14.5. The van der Waals surface area contributed by atoms with Crippen molar-refractivity contribution in [2.24, 2.45) is 5.41 Å². The summed E-state index contributed by atoms with van der Waals surface area (Å²) in [6.45, 7) is 3.21. The monoisotopic (exact) mass is 361 g/mol. The van der Waals surface area contributed by atoms with E-state index in [9.17, 15) is 9.50 Å². The normalized spacial score (nSPS) is 27.3. The third-order valence-electron chi connectivity index (χ3n) is 5.91. The van der Waals surface area contributed by atoms with Gasteiger partial charge in [-0.3, -0.25) is 0 Å². The molecule has 1 N–H and O–H groups in total. The van der Waals surface area contributed by atoms with E-state index in [-0.39, 0.29) is 17.8 Å². The minimum Gasteiger partial charge on any atom is -0.396 e. The van der Waals surface area contributed by atoms with E-state index in [2.05, 4.69) is 16.8 Å². The molecule has 1 aromatic carbocycles. The van der Waals surface area contributed by atoms with Crippen molar-refractivity contribution in [3.05, 3.63) is 35.5 Å². The lowest BCUT2D eigenvalue weighted by atomic mass is 9.69. The van der Waals surface area contributed by atoms with Gasteiger partial charge >= 0.3 is 0 Å². The van der Waals surface area contributed by atoms with Crippen LogP contribution in [0, 0.1) is 11.2 Å². The van der Waals surface area contributed by atoms with Crippen LogP contribution in [0.25, 0.3) is 11.3 Å². The smallest absolute Gasteiger partial charge is 0.185 e. The van der Waals surface area contributed by atoms with Crippen molar-refractivity contribution in [3.63, 3.8) is 0 Å². The number of likely N-dealkylation sites (N-methyl/N-ethyl adjacent to an activating group) is 1. The Hall–Kier alpha value is -1.50. The van der Waals surface area contributed by atoms with Gasteiger partial charge in [-0.1, -0.05) is 0 Å². The van der Waals surface area contributed by atoms with Gasteiger partial charge in [0.15, 0.2) is 5.13 Å². The molecule has 0 aliphatic carbocycles. The molecule has 0 unspecified atom stereocenters. The average Bonchev–Trinajstić information content (AvgIpc) is 3.12. The number of rotatable bonds is 3. The van der Waals surface area contributed by atoms with Crippen molar-refractivity contribution in [2.75, 3.05) is 38.2 Å². The van der Waals surface area contributed by atoms with Gasteiger partial charge in [-0.2, -0.15) is 0 Å². The maximum absolute atomic E-state index is 13.1. The van der Waals surface area contributed by atoms with Crippen LogP contribution in [0.4, 0.5) is 9.52 Å². The molecule has 0 bridgehead atoms. The molecular weight excluding hydrogens is 337 g/mol. The molecule has 2 saturated heterocycles. The van der Waals surface area contributed by atoms with E-state index in [4.69, 9.17) is 4.98 Å². The summed E-state index contributed by atoms with van der Waals surface area (Å²) in [5.41, 5.74) is 1.89. The average molecular weight is 361 g/mol. The number of anilines is 1. The standard InChI is InChI=1S/C19H24FN3OS/c1-22-9-2-7-19(13-24)8-10-23(11-17(19)22)18-21-16(12-25-18)14-3-5-15(20)6-4-14/h3-6,12,17,24H,2,7-11,13H2,1H3/t17-,19-/m1/s1. The van der Waals surface area contributed by atoms with Gasteiger partial charge in [-0.15, -0.1) is 11.3 Å². The molecule has 6 heteroatoms. The predicted octanol–water partition coefficient (Wildman–Crippen LogP) is 3.23. The molecule has 134 valence electrons. The molecule has 2 aliphatic heterocycles. The van der Waals surface area contributed by atoms with Crippen molar-refractivity contribution in [1.82, 2.24) is 9.88 Å². The molecule has 2 fully saturated rings. The summed E-state index contributed by atoms with van der Waals surface area (Å²) in [4.78, 5) is 9.53. The Morgan fingerprint density at radius 1 is 1.28 bits per heavy atom. The molecule has 3 heterocycles. The first-order valence-electron chi connectivity index (χ1n) is 8.89. The third-order valence-corrected chi connectivity index (χ3v) is 6.82. The fourth-order valence-corrected chi connectivity index (χ4v) is 5.22. The third kappa shape index (κ3) is 3.07. The number of halogens is 1. The van der Waals surface area contributed by atoms with Gasteiger partial charge in [0.05, 0.1) is 12.3 Å². The molecule has 4 nitrogen and oxygen atoms in total. The van der Waals surface area contributed by atoms with Gasteiger partial charge in [0.25, 0.3) is 0 Å². The van der Waals surface area contributed by atoms with E-state index in [1.165, 1.54) is 18.6 Å². The number of thiazole rings is 1. The van der Waals surface area contributed by atoms with Crippen molar-refractivity contribution in [3.8, 4) is 11.3 Å². The topological polar surface area (TPSA) is 39.6 Å². The van der Waals surface area contributed by atoms with Gasteiger partial charge < -0.3 is 14.9 Å². The highest BCUT2D eigenvalue weighted by atomic mass is 32.1. The first kappa shape index (κ1) is 16.9. The van der Waals surface area contributed by atoms with Gasteiger partial charge in [0.2, 0.25) is 0 Å². The summed E-state index contributed by atoms with van der Waals surface area (Å²) in [5, 5.41) is 13.1. The SMILES string of the molecule is CN1CCC[C@]2(CO)CCN(c3nc(-c4ccc(F)cc4)cs3)C[C@@H]12. The Morgan fingerprint density at radius 2 is 2.08 bits per heavy atom. The molecule has 2 aliphatic rings. The van der Waals surface area contributed by atoms with E-state index < -0.39 is 0 Å². The van der Waals surface area contributed by atoms with Crippen LogP contribution in [-0.4, -0.2) is 54.3 Å². The predicted molar refractivity (Wildman–Crippen MR) is 99.5 cm³/mol. The Morgan fingerprint density at radius 3 is 2.84 bits per heavy atom. The number of fused-ring (bicyclic) bond motifs is 1. The molecule has 1 aromatic heterocycles. The lowest BCUT2D eigenvalue weighted by molar-refractivity contribution is -0.0276. The van der Waals surface area contributed by atoms with Gasteiger partial charge in [0.1, 0.15) is 5.82 Å². The van der Waals surface area contributed by atoms with E-state index in [0.717, 1.165) is 48.9 Å². The maximum atomic E-state index is 13.1. The van der Waals surface area contributed by atoms with Crippen LogP contribution in [0.1, 0.15) is 19.3 Å². The van der Waals surface area contributed by atoms with Crippen LogP contribution in [0.5, 0.6) is 0 Å². The summed E-state index contributed by atoms with van der Waals surface area (Å²) in [7, 11) is 2.17. The number of aromatic nitrogens is 1. The Balaban J connectivity index is 1.54. The van der Waals surface area contributed by atoms with E-state index in [0.29, 0.717) is 6.04 Å². The summed E-state index contributed by atoms with van der Waals surface area (Å²) in [5.74, 6) is -0.226. The number of likely N-dealkylation sites (tertiary alicyclic amines) is 1. The zero-order chi connectivity index (χ0) is 17.4. The Labute approximate surface area is 151 Å². The van der Waals surface area contributed by atoms with Crippen LogP contribution in [-0.2, 0) is 0 Å². The Bertz CT molecular complexity index is 735. The first-order chi connectivity index (χ1) is 12.1. The van der Waals surface area contributed by atoms with Crippen molar-refractivity contribution in [2.45, 2.75) is 25.3 Å². The van der Waals surface area contributed by atoms with Gasteiger partial charge in [-0.05, 0) is 57.1 Å². The minimum atomic E-state index is -0.226. The highest BCUT2D eigenvalue weighted by Gasteiger charge is 2.46. The molecule has 25 heavy (non-hydrogen) atoms. The summed E-state index contributed by atoms with van der Waals surface area (Å²) < 4.78 is 13.1. The van der Waals surface area contributed by atoms with E-state index in [1.807, 2.05) is 5.38 Å². The number of aliphatic hydroxyl groups is 1. The lowest BCUT2D eigenvalue weighted by Crippen LogP contribution is -2.61.